The molecule has 0 saturated heterocycles. The van der Waals surface area contributed by atoms with Gasteiger partial charge in [0.25, 0.3) is 5.22 Å². The van der Waals surface area contributed by atoms with Crippen LogP contribution in [0.2, 0.25) is 0 Å². The van der Waals surface area contributed by atoms with Crippen molar-refractivity contribution in [3.05, 3.63) is 82.6 Å². The van der Waals surface area contributed by atoms with E-state index in [1.54, 1.807) is 30.6 Å². The van der Waals surface area contributed by atoms with E-state index in [-0.39, 0.29) is 23.5 Å². The lowest BCUT2D eigenvalue weighted by Crippen LogP contribution is -2.30. The number of hydrogen-bond donors (Lipinski definition) is 1. The van der Waals surface area contributed by atoms with Crippen molar-refractivity contribution >= 4 is 29.0 Å². The van der Waals surface area contributed by atoms with Gasteiger partial charge >= 0.3 is 0 Å². The minimum Gasteiger partial charge on any atom is -0.411 e. The Kier molecular flexibility index (Phi) is 5.97. The van der Waals surface area contributed by atoms with Crippen LogP contribution in [0.1, 0.15) is 16.5 Å². The Hall–Kier alpha value is -3.04. The highest BCUT2D eigenvalue weighted by Crippen LogP contribution is 2.27. The highest BCUT2D eigenvalue weighted by atomic mass is 32.2. The monoisotopic (exact) mass is 426 g/mol. The summed E-state index contributed by atoms with van der Waals surface area (Å²) in [7, 11) is 0. The van der Waals surface area contributed by atoms with Crippen molar-refractivity contribution < 1.29 is 13.6 Å². The van der Waals surface area contributed by atoms with Gasteiger partial charge in [0, 0.05) is 17.3 Å². The number of amides is 1. The summed E-state index contributed by atoms with van der Waals surface area (Å²) in [5.74, 6) is -0.0541. The van der Waals surface area contributed by atoms with Crippen molar-refractivity contribution in [2.45, 2.75) is 11.3 Å². The molecular formula is C20H15FN4O2S2. The molecule has 0 unspecified atom stereocenters. The first-order valence-corrected chi connectivity index (χ1v) is 10.5. The van der Waals surface area contributed by atoms with Crippen LogP contribution < -0.4 is 5.32 Å². The van der Waals surface area contributed by atoms with Gasteiger partial charge in [-0.05, 0) is 41.3 Å². The number of halogens is 1. The molecule has 4 aromatic rings. The fraction of sp³-hybridized carbons (Fsp3) is 0.100. The van der Waals surface area contributed by atoms with E-state index < -0.39 is 0 Å². The van der Waals surface area contributed by atoms with Crippen LogP contribution in [0.4, 0.5) is 4.39 Å². The molecule has 1 N–H and O–H groups in total. The number of benzene rings is 1. The van der Waals surface area contributed by atoms with Gasteiger partial charge in [-0.3, -0.25) is 9.78 Å². The number of nitrogens with one attached hydrogen (secondary N) is 1. The second kappa shape index (κ2) is 8.97. The molecule has 3 heterocycles. The fourth-order valence-corrected chi connectivity index (χ4v) is 4.01. The van der Waals surface area contributed by atoms with Crippen molar-refractivity contribution in [3.8, 4) is 11.5 Å². The van der Waals surface area contributed by atoms with Gasteiger partial charge < -0.3 is 9.73 Å². The van der Waals surface area contributed by atoms with Crippen molar-refractivity contribution in [2.24, 2.45) is 0 Å². The summed E-state index contributed by atoms with van der Waals surface area (Å²) in [6.45, 7) is 0. The molecule has 0 fully saturated rings. The Morgan fingerprint density at radius 1 is 1.17 bits per heavy atom. The van der Waals surface area contributed by atoms with Crippen molar-refractivity contribution in [2.75, 3.05) is 5.75 Å². The minimum absolute atomic E-state index is 0.109. The maximum absolute atomic E-state index is 13.3. The quantitative estimate of drug-likeness (QED) is 0.443. The number of carbonyl (C=O) groups is 1. The van der Waals surface area contributed by atoms with Gasteiger partial charge in [-0.15, -0.1) is 21.5 Å². The van der Waals surface area contributed by atoms with Crippen molar-refractivity contribution in [3.63, 3.8) is 0 Å². The van der Waals surface area contributed by atoms with Crippen LogP contribution in [0, 0.1) is 5.82 Å². The predicted molar refractivity (Wildman–Crippen MR) is 109 cm³/mol. The molecule has 0 radical (unpaired) electrons. The SMILES string of the molecule is O=C(CSc1nnc(-c2cccnc2)o1)N[C@@H](c1ccc(F)cc1)c1cccs1. The van der Waals surface area contributed by atoms with Crippen LogP contribution in [0.3, 0.4) is 0 Å². The van der Waals surface area contributed by atoms with E-state index in [0.29, 0.717) is 16.7 Å². The van der Waals surface area contributed by atoms with E-state index in [1.807, 2.05) is 23.6 Å². The summed E-state index contributed by atoms with van der Waals surface area (Å²) in [6, 6.07) is 13.2. The standard InChI is InChI=1S/C20H15FN4O2S2/c21-15-7-5-13(6-8-15)18(16-4-2-10-28-16)23-17(26)12-29-20-25-24-19(27-20)14-3-1-9-22-11-14/h1-11,18H,12H2,(H,23,26)/t18-/m0/s1. The third kappa shape index (κ3) is 4.87. The number of nitrogens with zero attached hydrogens (tertiary/aromatic N) is 3. The molecule has 1 atom stereocenters. The van der Waals surface area contributed by atoms with Crippen LogP contribution >= 0.6 is 23.1 Å². The van der Waals surface area contributed by atoms with Crippen LogP contribution in [0.5, 0.6) is 0 Å². The minimum atomic E-state index is -0.350. The molecule has 29 heavy (non-hydrogen) atoms. The molecule has 1 aromatic carbocycles. The second-order valence-corrected chi connectivity index (χ2v) is 7.88. The van der Waals surface area contributed by atoms with Crippen LogP contribution in [0.25, 0.3) is 11.5 Å². The molecule has 9 heteroatoms. The third-order valence-electron chi connectivity index (χ3n) is 3.98. The molecule has 3 aromatic heterocycles. The summed E-state index contributed by atoms with van der Waals surface area (Å²) < 4.78 is 18.8. The van der Waals surface area contributed by atoms with Crippen LogP contribution in [0.15, 0.2) is 75.9 Å². The Balaban J connectivity index is 1.41. The molecular weight excluding hydrogens is 411 g/mol. The summed E-state index contributed by atoms with van der Waals surface area (Å²) in [6.07, 6.45) is 3.29. The van der Waals surface area contributed by atoms with Gasteiger partial charge in [0.2, 0.25) is 11.8 Å². The molecule has 0 bridgehead atoms. The van der Waals surface area contributed by atoms with Gasteiger partial charge in [0.05, 0.1) is 17.4 Å². The zero-order chi connectivity index (χ0) is 20.1. The molecule has 6 nitrogen and oxygen atoms in total. The van der Waals surface area contributed by atoms with Gasteiger partial charge in [0.1, 0.15) is 5.82 Å². The summed E-state index contributed by atoms with van der Waals surface area (Å²) in [4.78, 5) is 17.5. The van der Waals surface area contributed by atoms with Crippen molar-refractivity contribution in [1.82, 2.24) is 20.5 Å². The fourth-order valence-electron chi connectivity index (χ4n) is 2.63. The van der Waals surface area contributed by atoms with Gasteiger partial charge in [0.15, 0.2) is 0 Å². The highest BCUT2D eigenvalue weighted by Gasteiger charge is 2.19. The first-order chi connectivity index (χ1) is 14.2. The van der Waals surface area contributed by atoms with Crippen LogP contribution in [-0.2, 0) is 4.79 Å². The first-order valence-electron chi connectivity index (χ1n) is 8.64. The number of thioether (sulfide) groups is 1. The lowest BCUT2D eigenvalue weighted by molar-refractivity contribution is -0.119. The number of hydrogen-bond acceptors (Lipinski definition) is 7. The van der Waals surface area contributed by atoms with Crippen LogP contribution in [-0.4, -0.2) is 26.8 Å². The number of carbonyl (C=O) groups excluding carboxylic acids is 1. The Labute approximate surface area is 174 Å². The number of thiophene rings is 1. The molecule has 0 aliphatic rings. The summed E-state index contributed by atoms with van der Waals surface area (Å²) in [5, 5.41) is 13.2. The van der Waals surface area contributed by atoms with Gasteiger partial charge in [-0.2, -0.15) is 0 Å². The number of aromatic nitrogens is 3. The topological polar surface area (TPSA) is 80.9 Å². The van der Waals surface area contributed by atoms with E-state index in [4.69, 9.17) is 4.42 Å². The molecule has 1 amide bonds. The lowest BCUT2D eigenvalue weighted by Gasteiger charge is -2.18. The van der Waals surface area contributed by atoms with E-state index in [1.165, 1.54) is 23.5 Å². The Morgan fingerprint density at radius 2 is 2.03 bits per heavy atom. The molecule has 0 saturated carbocycles. The average molecular weight is 426 g/mol. The Bertz CT molecular complexity index is 1070. The summed E-state index contributed by atoms with van der Waals surface area (Å²) in [5.41, 5.74) is 1.52. The smallest absolute Gasteiger partial charge is 0.277 e. The third-order valence-corrected chi connectivity index (χ3v) is 5.73. The van der Waals surface area contributed by atoms with E-state index in [2.05, 4.69) is 20.5 Å². The largest absolute Gasteiger partial charge is 0.411 e. The average Bonchev–Trinajstić information content (AvgIpc) is 3.44. The zero-order valence-electron chi connectivity index (χ0n) is 15.0. The second-order valence-electron chi connectivity index (χ2n) is 5.97. The number of rotatable bonds is 7. The number of pyridine rings is 1. The van der Waals surface area contributed by atoms with Gasteiger partial charge in [-0.25, -0.2) is 4.39 Å². The molecule has 146 valence electrons. The Morgan fingerprint density at radius 3 is 2.76 bits per heavy atom. The summed E-state index contributed by atoms with van der Waals surface area (Å²) >= 11 is 2.68. The maximum Gasteiger partial charge on any atom is 0.277 e. The van der Waals surface area contributed by atoms with Crippen molar-refractivity contribution in [1.29, 1.82) is 0 Å². The predicted octanol–water partition coefficient (Wildman–Crippen LogP) is 4.33. The highest BCUT2D eigenvalue weighted by molar-refractivity contribution is 7.99. The van der Waals surface area contributed by atoms with Gasteiger partial charge in [-0.1, -0.05) is 30.0 Å². The zero-order valence-corrected chi connectivity index (χ0v) is 16.6. The van der Waals surface area contributed by atoms with E-state index in [9.17, 15) is 9.18 Å². The van der Waals surface area contributed by atoms with E-state index >= 15 is 0 Å². The lowest BCUT2D eigenvalue weighted by atomic mass is 10.1. The molecule has 0 aliphatic carbocycles. The molecule has 0 aliphatic heterocycles. The molecule has 0 spiro atoms. The first kappa shape index (κ1) is 19.3. The molecule has 4 rings (SSSR count). The maximum atomic E-state index is 13.3. The van der Waals surface area contributed by atoms with E-state index in [0.717, 1.165) is 22.2 Å². The normalized spacial score (nSPS) is 11.9.